The topological polar surface area (TPSA) is 60.3 Å². The van der Waals surface area contributed by atoms with E-state index in [-0.39, 0.29) is 17.5 Å². The highest BCUT2D eigenvalue weighted by Gasteiger charge is 2.28. The zero-order valence-corrected chi connectivity index (χ0v) is 14.8. The van der Waals surface area contributed by atoms with Crippen LogP contribution in [0.5, 0.6) is 0 Å². The van der Waals surface area contributed by atoms with Crippen LogP contribution in [0.25, 0.3) is 0 Å². The second-order valence-corrected chi connectivity index (χ2v) is 6.40. The van der Waals surface area contributed by atoms with Crippen LogP contribution < -0.4 is 9.80 Å². The third-order valence-electron chi connectivity index (χ3n) is 4.76. The number of amides is 1. The van der Waals surface area contributed by atoms with Gasteiger partial charge in [0, 0.05) is 38.4 Å². The molecule has 0 saturated heterocycles. The van der Waals surface area contributed by atoms with E-state index in [1.54, 1.807) is 17.3 Å². The maximum absolute atomic E-state index is 12.9. The SMILES string of the molecule is CCN1CCN(C(=O)C(=N)CC(C)c2cccnc2)c2ccccc21. The molecule has 0 radical (unpaired) electrons. The molecule has 1 aromatic carbocycles. The first-order valence-corrected chi connectivity index (χ1v) is 8.75. The van der Waals surface area contributed by atoms with Crippen LogP contribution in [-0.4, -0.2) is 36.2 Å². The summed E-state index contributed by atoms with van der Waals surface area (Å²) in [6, 6.07) is 11.8. The van der Waals surface area contributed by atoms with Crippen LogP contribution in [-0.2, 0) is 4.79 Å². The standard InChI is InChI=1S/C20H24N4O/c1-3-23-11-12-24(19-9-5-4-8-18(19)23)20(25)17(21)13-15(2)16-7-6-10-22-14-16/h4-10,14-15,21H,3,11-13H2,1-2H3. The number of carbonyl (C=O) groups excluding carboxylic acids is 1. The molecule has 1 aliphatic rings. The van der Waals surface area contributed by atoms with Gasteiger partial charge in [-0.3, -0.25) is 15.2 Å². The number of likely N-dealkylation sites (N-methyl/N-ethyl adjacent to an activating group) is 1. The molecule has 0 aliphatic carbocycles. The van der Waals surface area contributed by atoms with Crippen LogP contribution in [0.15, 0.2) is 48.8 Å². The van der Waals surface area contributed by atoms with E-state index in [1.165, 1.54) is 0 Å². The van der Waals surface area contributed by atoms with Gasteiger partial charge in [0.25, 0.3) is 5.91 Å². The normalized spacial score (nSPS) is 14.8. The fraction of sp³-hybridized carbons (Fsp3) is 0.350. The van der Waals surface area contributed by atoms with Gasteiger partial charge in [0.05, 0.1) is 17.1 Å². The third-order valence-corrected chi connectivity index (χ3v) is 4.76. The van der Waals surface area contributed by atoms with E-state index in [0.29, 0.717) is 13.0 Å². The highest BCUT2D eigenvalue weighted by Crippen LogP contribution is 2.33. The molecule has 5 nitrogen and oxygen atoms in total. The van der Waals surface area contributed by atoms with Gasteiger partial charge < -0.3 is 9.80 Å². The van der Waals surface area contributed by atoms with Crippen LogP contribution in [0.2, 0.25) is 0 Å². The molecule has 1 N–H and O–H groups in total. The van der Waals surface area contributed by atoms with Gasteiger partial charge >= 0.3 is 0 Å². The number of nitrogens with one attached hydrogen (secondary N) is 1. The van der Waals surface area contributed by atoms with Crippen LogP contribution in [0, 0.1) is 5.41 Å². The van der Waals surface area contributed by atoms with Gasteiger partial charge in [-0.2, -0.15) is 0 Å². The molecular weight excluding hydrogens is 312 g/mol. The van der Waals surface area contributed by atoms with Gasteiger partial charge in [-0.05, 0) is 36.6 Å². The summed E-state index contributed by atoms with van der Waals surface area (Å²) in [5, 5.41) is 8.32. The molecule has 1 aromatic heterocycles. The van der Waals surface area contributed by atoms with E-state index < -0.39 is 0 Å². The minimum Gasteiger partial charge on any atom is -0.368 e. The third kappa shape index (κ3) is 3.55. The Kier molecular flexibility index (Phi) is 5.12. The largest absolute Gasteiger partial charge is 0.368 e. The second-order valence-electron chi connectivity index (χ2n) is 6.40. The number of benzene rings is 1. The Hall–Kier alpha value is -2.69. The van der Waals surface area contributed by atoms with E-state index in [2.05, 4.69) is 16.8 Å². The highest BCUT2D eigenvalue weighted by atomic mass is 16.2. The number of para-hydroxylation sites is 2. The molecule has 130 valence electrons. The van der Waals surface area contributed by atoms with Crippen molar-refractivity contribution in [1.29, 1.82) is 5.41 Å². The maximum Gasteiger partial charge on any atom is 0.272 e. The molecule has 1 aliphatic heterocycles. The molecule has 25 heavy (non-hydrogen) atoms. The van der Waals surface area contributed by atoms with Crippen molar-refractivity contribution in [1.82, 2.24) is 4.98 Å². The number of rotatable bonds is 5. The summed E-state index contributed by atoms with van der Waals surface area (Å²) >= 11 is 0. The molecule has 2 heterocycles. The lowest BCUT2D eigenvalue weighted by atomic mass is 9.96. The lowest BCUT2D eigenvalue weighted by Crippen LogP contribution is -2.46. The second kappa shape index (κ2) is 7.47. The number of carbonyl (C=O) groups is 1. The Labute approximate surface area is 148 Å². The molecule has 2 aromatic rings. The molecule has 0 fully saturated rings. The van der Waals surface area contributed by atoms with Crippen molar-refractivity contribution in [2.45, 2.75) is 26.2 Å². The molecule has 1 unspecified atom stereocenters. The van der Waals surface area contributed by atoms with Crippen molar-refractivity contribution >= 4 is 23.0 Å². The molecule has 3 rings (SSSR count). The fourth-order valence-electron chi connectivity index (χ4n) is 3.30. The smallest absolute Gasteiger partial charge is 0.272 e. The summed E-state index contributed by atoms with van der Waals surface area (Å²) in [7, 11) is 0. The molecule has 0 saturated carbocycles. The van der Waals surface area contributed by atoms with Crippen LogP contribution in [0.1, 0.15) is 31.7 Å². The molecule has 0 bridgehead atoms. The lowest BCUT2D eigenvalue weighted by molar-refractivity contribution is -0.112. The van der Waals surface area contributed by atoms with Gasteiger partial charge in [-0.15, -0.1) is 0 Å². The van der Waals surface area contributed by atoms with Crippen molar-refractivity contribution in [3.63, 3.8) is 0 Å². The van der Waals surface area contributed by atoms with E-state index in [4.69, 9.17) is 5.41 Å². The van der Waals surface area contributed by atoms with Gasteiger partial charge in [-0.25, -0.2) is 0 Å². The first-order chi connectivity index (χ1) is 12.1. The zero-order chi connectivity index (χ0) is 17.8. The Morgan fingerprint density at radius 1 is 1.20 bits per heavy atom. The zero-order valence-electron chi connectivity index (χ0n) is 14.8. The van der Waals surface area contributed by atoms with Gasteiger partial charge in [-0.1, -0.05) is 25.1 Å². The fourth-order valence-corrected chi connectivity index (χ4v) is 3.30. The summed E-state index contributed by atoms with van der Waals surface area (Å²) < 4.78 is 0. The average molecular weight is 336 g/mol. The minimum absolute atomic E-state index is 0.0947. The first kappa shape index (κ1) is 17.1. The molecule has 1 amide bonds. The van der Waals surface area contributed by atoms with Crippen molar-refractivity contribution in [2.75, 3.05) is 29.4 Å². The van der Waals surface area contributed by atoms with Crippen LogP contribution >= 0.6 is 0 Å². The van der Waals surface area contributed by atoms with E-state index in [0.717, 1.165) is 30.0 Å². The Balaban J connectivity index is 1.76. The van der Waals surface area contributed by atoms with Gasteiger partial charge in [0.2, 0.25) is 0 Å². The average Bonchev–Trinajstić information content (AvgIpc) is 2.67. The van der Waals surface area contributed by atoms with Crippen LogP contribution in [0.4, 0.5) is 11.4 Å². The summed E-state index contributed by atoms with van der Waals surface area (Å²) in [6.07, 6.45) is 3.95. The summed E-state index contributed by atoms with van der Waals surface area (Å²) in [5.74, 6) is -0.101. The first-order valence-electron chi connectivity index (χ1n) is 8.75. The quantitative estimate of drug-likeness (QED) is 0.851. The monoisotopic (exact) mass is 336 g/mol. The highest BCUT2D eigenvalue weighted by molar-refractivity contribution is 6.43. The summed E-state index contributed by atoms with van der Waals surface area (Å²) in [4.78, 5) is 21.0. The van der Waals surface area contributed by atoms with Gasteiger partial charge in [0.1, 0.15) is 0 Å². The predicted molar refractivity (Wildman–Crippen MR) is 102 cm³/mol. The number of hydrogen-bond acceptors (Lipinski definition) is 4. The minimum atomic E-state index is -0.195. The van der Waals surface area contributed by atoms with E-state index in [1.807, 2.05) is 43.3 Å². The number of aromatic nitrogens is 1. The number of hydrogen-bond donors (Lipinski definition) is 1. The molecule has 1 atom stereocenters. The maximum atomic E-state index is 12.9. The van der Waals surface area contributed by atoms with Gasteiger partial charge in [0.15, 0.2) is 0 Å². The van der Waals surface area contributed by atoms with Crippen molar-refractivity contribution in [2.24, 2.45) is 0 Å². The van der Waals surface area contributed by atoms with Crippen molar-refractivity contribution in [3.05, 3.63) is 54.4 Å². The van der Waals surface area contributed by atoms with Crippen molar-refractivity contribution in [3.8, 4) is 0 Å². The lowest BCUT2D eigenvalue weighted by Gasteiger charge is -2.37. The molecular formula is C20H24N4O. The Morgan fingerprint density at radius 3 is 2.64 bits per heavy atom. The molecule has 0 spiro atoms. The number of pyridine rings is 1. The Morgan fingerprint density at radius 2 is 1.96 bits per heavy atom. The number of anilines is 2. The number of nitrogens with zero attached hydrogens (tertiary/aromatic N) is 3. The predicted octanol–water partition coefficient (Wildman–Crippen LogP) is 3.47. The van der Waals surface area contributed by atoms with E-state index in [9.17, 15) is 4.79 Å². The summed E-state index contributed by atoms with van der Waals surface area (Å²) in [6.45, 7) is 6.47. The van der Waals surface area contributed by atoms with Crippen molar-refractivity contribution < 1.29 is 4.79 Å². The Bertz CT molecular complexity index is 759. The molecule has 5 heteroatoms. The van der Waals surface area contributed by atoms with E-state index >= 15 is 0 Å². The number of fused-ring (bicyclic) bond motifs is 1. The van der Waals surface area contributed by atoms with Crippen LogP contribution in [0.3, 0.4) is 0 Å². The summed E-state index contributed by atoms with van der Waals surface area (Å²) in [5.41, 5.74) is 3.17.